The average molecular weight is 871 g/mol. The van der Waals surface area contributed by atoms with Crippen LogP contribution in [0.4, 0.5) is 0 Å². The number of aliphatic hydroxyl groups is 6. The summed E-state index contributed by atoms with van der Waals surface area (Å²) in [6.45, 7) is 2.87. The Morgan fingerprint density at radius 3 is 1.29 bits per heavy atom. The largest absolute Gasteiger partial charge is 0.507 e. The van der Waals surface area contributed by atoms with Crippen LogP contribution in [0, 0.1) is 0 Å². The van der Waals surface area contributed by atoms with Gasteiger partial charge in [0.2, 0.25) is 12.6 Å². The van der Waals surface area contributed by atoms with Gasteiger partial charge in [-0.2, -0.15) is 0 Å². The Hall–Kier alpha value is -4.28. The van der Waals surface area contributed by atoms with Gasteiger partial charge in [-0.1, -0.05) is 0 Å². The Bertz CT molecular complexity index is 2140. The summed E-state index contributed by atoms with van der Waals surface area (Å²) in [7, 11) is 5.51. The predicted octanol–water partition coefficient (Wildman–Crippen LogP) is 1.68. The second kappa shape index (κ2) is 17.7. The van der Waals surface area contributed by atoms with Crippen LogP contribution in [0.5, 0.6) is 34.5 Å². The SMILES string of the molecule is COc1cc(OC2OC(CO)C(OC)C(O)C2O)cc2c(-c3c4c(c(O)c5c(OC)cc(OC6OC(CO)C(OC)C(O)C6O)cc35)CO[C@@H](C)C4)c3c(c(O)c12)CO[C@@H](C)C3. The van der Waals surface area contributed by atoms with Gasteiger partial charge >= 0.3 is 0 Å². The lowest BCUT2D eigenvalue weighted by molar-refractivity contribution is -0.281. The van der Waals surface area contributed by atoms with E-state index in [1.807, 2.05) is 13.8 Å². The molecule has 8 rings (SSSR count). The third kappa shape index (κ3) is 7.44. The van der Waals surface area contributed by atoms with E-state index in [0.29, 0.717) is 56.6 Å². The normalized spacial score (nSPS) is 31.1. The van der Waals surface area contributed by atoms with Gasteiger partial charge in [0, 0.05) is 48.3 Å². The molecule has 0 aromatic heterocycles. The number of phenolic OH excluding ortho intramolecular Hbond substituents is 2. The third-order valence-electron chi connectivity index (χ3n) is 12.5. The van der Waals surface area contributed by atoms with Crippen LogP contribution in [0.25, 0.3) is 32.7 Å². The molecule has 4 aromatic rings. The van der Waals surface area contributed by atoms with Crippen molar-refractivity contribution >= 4 is 21.5 Å². The second-order valence-corrected chi connectivity index (χ2v) is 16.2. The molecule has 4 aliphatic rings. The molecule has 0 amide bonds. The van der Waals surface area contributed by atoms with Gasteiger partial charge in [0.25, 0.3) is 0 Å². The quantitative estimate of drug-likeness (QED) is 0.107. The van der Waals surface area contributed by atoms with E-state index in [-0.39, 0.29) is 59.9 Å². The molecule has 0 radical (unpaired) electrons. The van der Waals surface area contributed by atoms with Crippen molar-refractivity contribution in [3.63, 3.8) is 0 Å². The summed E-state index contributed by atoms with van der Waals surface area (Å²) >= 11 is 0. The highest BCUT2D eigenvalue weighted by molar-refractivity contribution is 6.15. The smallest absolute Gasteiger partial charge is 0.229 e. The minimum atomic E-state index is -1.60. The molecule has 0 aliphatic carbocycles. The van der Waals surface area contributed by atoms with E-state index < -0.39 is 74.6 Å². The standard InChI is InChI=1S/C44H54O18/c1-17-7-21-25(15-57-17)35(47)33-23(9-19(11-27(33)53-3)59-43-39(51)37(49)41(55-5)29(13-45)61-43)31(21)32-22-8-18(2)58-16-26(22)36(48)34-24(32)10-20(12-28(34)54-4)60-44-40(52)38(50)42(56-6)30(14-46)62-44/h9-12,17-18,29-30,37-52H,7-8,13-16H2,1-6H3/t17-,18-,29?,30?,37?,38?,39?,40?,41?,42?,43?,44?/m0/s1. The van der Waals surface area contributed by atoms with Gasteiger partial charge in [-0.05, 0) is 61.1 Å². The number of hydrogen-bond donors (Lipinski definition) is 8. The van der Waals surface area contributed by atoms with Gasteiger partial charge in [0.05, 0.1) is 63.6 Å². The first-order valence-electron chi connectivity index (χ1n) is 20.4. The van der Waals surface area contributed by atoms with E-state index in [2.05, 4.69) is 0 Å². The van der Waals surface area contributed by atoms with Crippen LogP contribution < -0.4 is 18.9 Å². The van der Waals surface area contributed by atoms with Crippen molar-refractivity contribution < 1.29 is 88.2 Å². The highest BCUT2D eigenvalue weighted by atomic mass is 16.7. The molecular formula is C44H54O18. The molecule has 0 saturated carbocycles. The molecule has 2 saturated heterocycles. The number of aliphatic hydroxyl groups excluding tert-OH is 6. The van der Waals surface area contributed by atoms with Crippen LogP contribution in [0.2, 0.25) is 0 Å². The van der Waals surface area contributed by atoms with E-state index in [1.165, 1.54) is 40.6 Å². The van der Waals surface area contributed by atoms with E-state index in [1.54, 1.807) is 12.1 Å². The van der Waals surface area contributed by atoms with Crippen molar-refractivity contribution in [1.82, 2.24) is 0 Å². The van der Waals surface area contributed by atoms with Gasteiger partial charge in [0.15, 0.2) is 0 Å². The zero-order valence-corrected chi connectivity index (χ0v) is 35.1. The second-order valence-electron chi connectivity index (χ2n) is 16.2. The minimum Gasteiger partial charge on any atom is -0.507 e. The lowest BCUT2D eigenvalue weighted by atomic mass is 9.79. The molecule has 10 unspecified atom stereocenters. The Morgan fingerprint density at radius 2 is 0.952 bits per heavy atom. The fraction of sp³-hybridized carbons (Fsp3) is 0.545. The van der Waals surface area contributed by atoms with Crippen molar-refractivity contribution in [2.45, 2.75) is 114 Å². The summed E-state index contributed by atoms with van der Waals surface area (Å²) in [6, 6.07) is 6.34. The molecule has 8 N–H and O–H groups in total. The highest BCUT2D eigenvalue weighted by Gasteiger charge is 2.47. The molecule has 4 aliphatic heterocycles. The monoisotopic (exact) mass is 870 g/mol. The van der Waals surface area contributed by atoms with Crippen LogP contribution in [0.1, 0.15) is 36.1 Å². The zero-order chi connectivity index (χ0) is 44.3. The summed E-state index contributed by atoms with van der Waals surface area (Å²) in [5.41, 5.74) is 3.70. The number of aromatic hydroxyl groups is 2. The maximum absolute atomic E-state index is 12.1. The third-order valence-corrected chi connectivity index (χ3v) is 12.5. The molecule has 4 aromatic carbocycles. The number of benzene rings is 4. The molecule has 4 heterocycles. The number of ether oxygens (including phenoxy) is 10. The van der Waals surface area contributed by atoms with E-state index in [0.717, 1.165) is 11.1 Å². The summed E-state index contributed by atoms with van der Waals surface area (Å²) < 4.78 is 59.0. The maximum Gasteiger partial charge on any atom is 0.229 e. The molecular weight excluding hydrogens is 816 g/mol. The Labute approximate surface area is 356 Å². The fourth-order valence-corrected chi connectivity index (χ4v) is 9.36. The zero-order valence-electron chi connectivity index (χ0n) is 35.1. The van der Waals surface area contributed by atoms with Crippen LogP contribution in [-0.2, 0) is 54.5 Å². The van der Waals surface area contributed by atoms with Crippen molar-refractivity contribution in [1.29, 1.82) is 0 Å². The molecule has 0 spiro atoms. The van der Waals surface area contributed by atoms with Crippen molar-refractivity contribution in [3.05, 3.63) is 46.5 Å². The molecule has 18 heteroatoms. The lowest BCUT2D eigenvalue weighted by Crippen LogP contribution is -2.60. The van der Waals surface area contributed by atoms with Gasteiger partial charge < -0.3 is 88.2 Å². The first-order valence-corrected chi connectivity index (χ1v) is 20.4. The number of phenols is 2. The maximum atomic E-state index is 12.1. The van der Waals surface area contributed by atoms with Gasteiger partial charge in [-0.3, -0.25) is 0 Å². The van der Waals surface area contributed by atoms with Crippen LogP contribution in [-0.4, -0.2) is 156 Å². The molecule has 338 valence electrons. The highest BCUT2D eigenvalue weighted by Crippen LogP contribution is 2.55. The van der Waals surface area contributed by atoms with Crippen molar-refractivity contribution in [2.24, 2.45) is 0 Å². The van der Waals surface area contributed by atoms with Crippen LogP contribution in [0.3, 0.4) is 0 Å². The molecule has 62 heavy (non-hydrogen) atoms. The predicted molar refractivity (Wildman–Crippen MR) is 218 cm³/mol. The van der Waals surface area contributed by atoms with E-state index in [9.17, 15) is 40.9 Å². The number of fused-ring (bicyclic) bond motifs is 4. The van der Waals surface area contributed by atoms with Gasteiger partial charge in [-0.15, -0.1) is 0 Å². The van der Waals surface area contributed by atoms with Crippen LogP contribution in [0.15, 0.2) is 24.3 Å². The number of hydrogen-bond acceptors (Lipinski definition) is 18. The number of methoxy groups -OCH3 is 4. The molecule has 18 nitrogen and oxygen atoms in total. The summed E-state index contributed by atoms with van der Waals surface area (Å²) in [5.74, 6) is 0.412. The van der Waals surface area contributed by atoms with Gasteiger partial charge in [0.1, 0.15) is 83.3 Å². The first kappa shape index (κ1) is 44.3. The Kier molecular flexibility index (Phi) is 12.7. The minimum absolute atomic E-state index is 0.0546. The van der Waals surface area contributed by atoms with Crippen molar-refractivity contribution in [2.75, 3.05) is 41.7 Å². The van der Waals surface area contributed by atoms with E-state index in [4.69, 9.17) is 47.4 Å². The lowest BCUT2D eigenvalue weighted by Gasteiger charge is -2.41. The summed E-state index contributed by atoms with van der Waals surface area (Å²) in [6.07, 6.45) is -13.1. The topological polar surface area (TPSA) is 254 Å². The van der Waals surface area contributed by atoms with Crippen LogP contribution >= 0.6 is 0 Å². The Balaban J connectivity index is 1.40. The number of rotatable bonds is 11. The average Bonchev–Trinajstić information content (AvgIpc) is 3.26. The molecule has 2 fully saturated rings. The fourth-order valence-electron chi connectivity index (χ4n) is 9.36. The summed E-state index contributed by atoms with van der Waals surface area (Å²) in [4.78, 5) is 0. The van der Waals surface area contributed by atoms with E-state index >= 15 is 0 Å². The molecule has 0 bridgehead atoms. The Morgan fingerprint density at radius 1 is 0.565 bits per heavy atom. The molecule has 12 atom stereocenters. The van der Waals surface area contributed by atoms with Gasteiger partial charge in [-0.25, -0.2) is 0 Å². The van der Waals surface area contributed by atoms with Crippen molar-refractivity contribution in [3.8, 4) is 45.6 Å². The summed E-state index contributed by atoms with van der Waals surface area (Å²) in [5, 5.41) is 90.0. The first-order chi connectivity index (χ1) is 29.8.